The van der Waals surface area contributed by atoms with Crippen molar-refractivity contribution in [2.24, 2.45) is 10.9 Å². The van der Waals surface area contributed by atoms with Gasteiger partial charge in [0.05, 0.1) is 10.6 Å². The fourth-order valence-corrected chi connectivity index (χ4v) is 2.29. The molecule has 0 amide bonds. The van der Waals surface area contributed by atoms with E-state index in [1.165, 1.54) is 12.1 Å². The Morgan fingerprint density at radius 2 is 1.67 bits per heavy atom. The highest BCUT2D eigenvalue weighted by Gasteiger charge is 2.26. The van der Waals surface area contributed by atoms with E-state index >= 15 is 0 Å². The van der Waals surface area contributed by atoms with Crippen molar-refractivity contribution in [2.45, 2.75) is 0 Å². The van der Waals surface area contributed by atoms with Crippen molar-refractivity contribution in [3.05, 3.63) is 63.7 Å². The van der Waals surface area contributed by atoms with Crippen molar-refractivity contribution in [1.29, 1.82) is 0 Å². The minimum atomic E-state index is -0.419. The minimum Gasteiger partial charge on any atom is -0.323 e. The van der Waals surface area contributed by atoms with Gasteiger partial charge in [-0.05, 0) is 17.2 Å². The smallest absolute Gasteiger partial charge is 0.270 e. The summed E-state index contributed by atoms with van der Waals surface area (Å²) in [5.74, 6) is 5.41. The Morgan fingerprint density at radius 1 is 1.00 bits per heavy atom. The van der Waals surface area contributed by atoms with Gasteiger partial charge < -0.3 is 5.84 Å². The first-order chi connectivity index (χ1) is 8.72. The molecule has 0 aliphatic heterocycles. The second kappa shape index (κ2) is 3.66. The van der Waals surface area contributed by atoms with Gasteiger partial charge in [0.1, 0.15) is 0 Å². The summed E-state index contributed by atoms with van der Waals surface area (Å²) in [6.07, 6.45) is 0. The monoisotopic (exact) mass is 239 g/mol. The predicted octanol–water partition coefficient (Wildman–Crippen LogP) is 2.29. The van der Waals surface area contributed by atoms with Crippen LogP contribution in [0.25, 0.3) is 11.1 Å². The first kappa shape index (κ1) is 10.5. The third-order valence-corrected chi connectivity index (χ3v) is 3.07. The van der Waals surface area contributed by atoms with Crippen molar-refractivity contribution in [1.82, 2.24) is 0 Å². The molecule has 1 aliphatic rings. The van der Waals surface area contributed by atoms with Crippen LogP contribution in [0.5, 0.6) is 0 Å². The lowest BCUT2D eigenvalue weighted by atomic mass is 10.1. The number of nitrogens with two attached hydrogens (primary N) is 1. The molecule has 0 unspecified atom stereocenters. The molecule has 0 heterocycles. The molecule has 0 aromatic heterocycles. The van der Waals surface area contributed by atoms with Gasteiger partial charge in [-0.25, -0.2) is 0 Å². The summed E-state index contributed by atoms with van der Waals surface area (Å²) in [5, 5.41) is 14.6. The highest BCUT2D eigenvalue weighted by molar-refractivity contribution is 6.24. The van der Waals surface area contributed by atoms with E-state index in [-0.39, 0.29) is 5.69 Å². The Hall–Kier alpha value is -2.69. The maximum absolute atomic E-state index is 10.8. The molecule has 0 spiro atoms. The van der Waals surface area contributed by atoms with Crippen molar-refractivity contribution >= 4 is 11.4 Å². The first-order valence-corrected chi connectivity index (χ1v) is 5.39. The van der Waals surface area contributed by atoms with E-state index in [2.05, 4.69) is 5.10 Å². The zero-order chi connectivity index (χ0) is 12.7. The first-order valence-electron chi connectivity index (χ1n) is 5.39. The van der Waals surface area contributed by atoms with Crippen LogP contribution in [0.1, 0.15) is 11.1 Å². The fourth-order valence-electron chi connectivity index (χ4n) is 2.29. The topological polar surface area (TPSA) is 81.5 Å². The van der Waals surface area contributed by atoms with Gasteiger partial charge in [0, 0.05) is 23.3 Å². The lowest BCUT2D eigenvalue weighted by Crippen LogP contribution is -2.02. The van der Waals surface area contributed by atoms with Crippen LogP contribution in [0.4, 0.5) is 5.69 Å². The number of fused-ring (bicyclic) bond motifs is 3. The molecule has 5 nitrogen and oxygen atoms in total. The summed E-state index contributed by atoms with van der Waals surface area (Å²) < 4.78 is 0. The van der Waals surface area contributed by atoms with E-state index in [0.717, 1.165) is 16.7 Å². The number of nitro benzene ring substituents is 1. The second-order valence-electron chi connectivity index (χ2n) is 4.01. The summed E-state index contributed by atoms with van der Waals surface area (Å²) in [6, 6.07) is 12.4. The summed E-state index contributed by atoms with van der Waals surface area (Å²) in [7, 11) is 0. The number of hydrogen-bond acceptors (Lipinski definition) is 4. The molecule has 2 aromatic rings. The SMILES string of the molecule is N/N=C1/c2ccccc2-c2ccc([N+](=O)[O-])cc21. The zero-order valence-electron chi connectivity index (χ0n) is 9.33. The lowest BCUT2D eigenvalue weighted by Gasteiger charge is -1.99. The molecule has 0 atom stereocenters. The molecule has 1 aliphatic carbocycles. The van der Waals surface area contributed by atoms with Crippen LogP contribution in [0, 0.1) is 10.1 Å². The van der Waals surface area contributed by atoms with Gasteiger partial charge in [-0.2, -0.15) is 5.10 Å². The number of benzene rings is 2. The van der Waals surface area contributed by atoms with Crippen LogP contribution in [-0.4, -0.2) is 10.6 Å². The van der Waals surface area contributed by atoms with Crippen LogP contribution in [0.3, 0.4) is 0 Å². The molecule has 5 heteroatoms. The maximum Gasteiger partial charge on any atom is 0.270 e. The van der Waals surface area contributed by atoms with E-state index < -0.39 is 4.92 Å². The molecule has 88 valence electrons. The Kier molecular flexibility index (Phi) is 2.13. The highest BCUT2D eigenvalue weighted by atomic mass is 16.6. The van der Waals surface area contributed by atoms with Gasteiger partial charge in [0.2, 0.25) is 0 Å². The molecule has 0 bridgehead atoms. The average molecular weight is 239 g/mol. The number of non-ortho nitro benzene ring substituents is 1. The lowest BCUT2D eigenvalue weighted by molar-refractivity contribution is -0.384. The van der Waals surface area contributed by atoms with E-state index in [1.54, 1.807) is 6.07 Å². The van der Waals surface area contributed by atoms with Crippen LogP contribution in [-0.2, 0) is 0 Å². The van der Waals surface area contributed by atoms with Gasteiger partial charge in [-0.1, -0.05) is 24.3 Å². The third kappa shape index (κ3) is 1.31. The Morgan fingerprint density at radius 3 is 2.33 bits per heavy atom. The van der Waals surface area contributed by atoms with Crippen molar-refractivity contribution in [2.75, 3.05) is 0 Å². The Bertz CT molecular complexity index is 692. The molecular weight excluding hydrogens is 230 g/mol. The van der Waals surface area contributed by atoms with Crippen molar-refractivity contribution < 1.29 is 4.92 Å². The van der Waals surface area contributed by atoms with Gasteiger partial charge >= 0.3 is 0 Å². The molecule has 0 radical (unpaired) electrons. The van der Waals surface area contributed by atoms with Crippen molar-refractivity contribution in [3.63, 3.8) is 0 Å². The minimum absolute atomic E-state index is 0.0442. The number of nitro groups is 1. The summed E-state index contributed by atoms with van der Waals surface area (Å²) in [5.41, 5.74) is 4.21. The zero-order valence-corrected chi connectivity index (χ0v) is 9.33. The third-order valence-electron chi connectivity index (χ3n) is 3.07. The van der Waals surface area contributed by atoms with Crippen LogP contribution >= 0.6 is 0 Å². The second-order valence-corrected chi connectivity index (χ2v) is 4.01. The van der Waals surface area contributed by atoms with Gasteiger partial charge in [-0.15, -0.1) is 0 Å². The Labute approximate surface area is 103 Å². The van der Waals surface area contributed by atoms with Gasteiger partial charge in [0.15, 0.2) is 0 Å². The van der Waals surface area contributed by atoms with E-state index in [9.17, 15) is 10.1 Å². The largest absolute Gasteiger partial charge is 0.323 e. The van der Waals surface area contributed by atoms with E-state index in [4.69, 9.17) is 5.84 Å². The summed E-state index contributed by atoms with van der Waals surface area (Å²) in [4.78, 5) is 10.4. The predicted molar refractivity (Wildman–Crippen MR) is 68.4 cm³/mol. The fraction of sp³-hybridized carbons (Fsp3) is 0. The van der Waals surface area contributed by atoms with Gasteiger partial charge in [0.25, 0.3) is 5.69 Å². The highest BCUT2D eigenvalue weighted by Crippen LogP contribution is 2.38. The molecule has 18 heavy (non-hydrogen) atoms. The normalized spacial score (nSPS) is 14.3. The molecule has 0 saturated heterocycles. The quantitative estimate of drug-likeness (QED) is 0.402. The maximum atomic E-state index is 10.8. The van der Waals surface area contributed by atoms with E-state index in [0.29, 0.717) is 11.3 Å². The van der Waals surface area contributed by atoms with E-state index in [1.807, 2.05) is 24.3 Å². The molecule has 3 rings (SSSR count). The molecule has 0 fully saturated rings. The molecular formula is C13H9N3O2. The molecule has 2 N–H and O–H groups in total. The van der Waals surface area contributed by atoms with Crippen LogP contribution < -0.4 is 5.84 Å². The average Bonchev–Trinajstić information content (AvgIpc) is 2.71. The number of nitrogens with zero attached hydrogens (tertiary/aromatic N) is 2. The number of hydrogen-bond donors (Lipinski definition) is 1. The summed E-state index contributed by atoms with van der Waals surface area (Å²) >= 11 is 0. The Balaban J connectivity index is 2.31. The van der Waals surface area contributed by atoms with Crippen molar-refractivity contribution in [3.8, 4) is 11.1 Å². The number of hydrazone groups is 1. The van der Waals surface area contributed by atoms with Crippen LogP contribution in [0.15, 0.2) is 47.6 Å². The molecule has 2 aromatic carbocycles. The standard InChI is InChI=1S/C13H9N3O2/c14-15-13-11-4-2-1-3-9(11)10-6-5-8(16(17)18)7-12(10)13/h1-7H,14H2/b15-13-. The van der Waals surface area contributed by atoms with Crippen LogP contribution in [0.2, 0.25) is 0 Å². The summed E-state index contributed by atoms with van der Waals surface area (Å²) in [6.45, 7) is 0. The van der Waals surface area contributed by atoms with Gasteiger partial charge in [-0.3, -0.25) is 10.1 Å². The number of rotatable bonds is 1. The molecule has 0 saturated carbocycles.